The summed E-state index contributed by atoms with van der Waals surface area (Å²) in [6.45, 7) is 7.24. The molecule has 0 saturated carbocycles. The van der Waals surface area contributed by atoms with E-state index in [9.17, 15) is 24.5 Å². The average Bonchev–Trinajstić information content (AvgIpc) is 2.91. The third kappa shape index (κ3) is 3.80. The van der Waals surface area contributed by atoms with E-state index >= 15 is 0 Å². The van der Waals surface area contributed by atoms with Gasteiger partial charge in [-0.15, -0.1) is 0 Å². The third-order valence-electron chi connectivity index (χ3n) is 5.28. The normalized spacial score (nSPS) is 19.0. The molecule has 8 nitrogen and oxygen atoms in total. The Morgan fingerprint density at radius 1 is 1.13 bits per heavy atom. The number of nitrogens with one attached hydrogen (secondary N) is 1. The van der Waals surface area contributed by atoms with Crippen molar-refractivity contribution in [3.63, 3.8) is 0 Å². The molecule has 0 bridgehead atoms. The van der Waals surface area contributed by atoms with Crippen molar-refractivity contribution in [1.29, 1.82) is 0 Å². The summed E-state index contributed by atoms with van der Waals surface area (Å²) in [6, 6.07) is 11.9. The van der Waals surface area contributed by atoms with Crippen LogP contribution >= 0.6 is 0 Å². The number of nitro groups is 1. The van der Waals surface area contributed by atoms with Gasteiger partial charge in [0, 0.05) is 17.7 Å². The quantitative estimate of drug-likeness (QED) is 0.351. The minimum absolute atomic E-state index is 0.0630. The SMILES string of the molecule is CC(C)(C)c1ccc(C(=O)CN2C(=O)NC(C)(c3cccc([N+](=O)[O-])c3)C2=O)cc1. The van der Waals surface area contributed by atoms with Gasteiger partial charge < -0.3 is 5.32 Å². The van der Waals surface area contributed by atoms with Gasteiger partial charge in [0.2, 0.25) is 0 Å². The van der Waals surface area contributed by atoms with Crippen LogP contribution in [0.25, 0.3) is 0 Å². The minimum Gasteiger partial charge on any atom is -0.319 e. The lowest BCUT2D eigenvalue weighted by Crippen LogP contribution is -2.41. The molecule has 8 heteroatoms. The van der Waals surface area contributed by atoms with Crippen LogP contribution in [-0.4, -0.2) is 34.1 Å². The van der Waals surface area contributed by atoms with Gasteiger partial charge in [-0.1, -0.05) is 57.2 Å². The Morgan fingerprint density at radius 2 is 1.77 bits per heavy atom. The summed E-state index contributed by atoms with van der Waals surface area (Å²) in [6.07, 6.45) is 0. The largest absolute Gasteiger partial charge is 0.325 e. The zero-order chi connectivity index (χ0) is 22.3. The number of benzene rings is 2. The first-order valence-electron chi connectivity index (χ1n) is 9.46. The molecule has 2 aromatic rings. The molecule has 0 aromatic heterocycles. The molecule has 1 saturated heterocycles. The van der Waals surface area contributed by atoms with Crippen molar-refractivity contribution in [2.75, 3.05) is 6.54 Å². The predicted molar refractivity (Wildman–Crippen MR) is 110 cm³/mol. The Kier molecular flexibility index (Phi) is 5.20. The molecule has 1 aliphatic heterocycles. The second-order valence-electron chi connectivity index (χ2n) is 8.50. The number of nitrogens with zero attached hydrogens (tertiary/aromatic N) is 2. The molecule has 2 aromatic carbocycles. The molecular weight excluding hydrogens is 386 g/mol. The number of rotatable bonds is 5. The van der Waals surface area contributed by atoms with E-state index in [1.165, 1.54) is 31.2 Å². The Bertz CT molecular complexity index is 1040. The van der Waals surface area contributed by atoms with Crippen molar-refractivity contribution in [1.82, 2.24) is 10.2 Å². The molecule has 1 fully saturated rings. The highest BCUT2D eigenvalue weighted by Crippen LogP contribution is 2.31. The number of amides is 3. The van der Waals surface area contributed by atoms with Crippen molar-refractivity contribution in [2.24, 2.45) is 0 Å². The van der Waals surface area contributed by atoms with Crippen LogP contribution in [0.2, 0.25) is 0 Å². The molecule has 1 N–H and O–H groups in total. The molecular formula is C22H23N3O5. The van der Waals surface area contributed by atoms with Crippen LogP contribution in [0.3, 0.4) is 0 Å². The monoisotopic (exact) mass is 409 g/mol. The van der Waals surface area contributed by atoms with Gasteiger partial charge in [-0.25, -0.2) is 4.79 Å². The maximum absolute atomic E-state index is 13.0. The first-order valence-corrected chi connectivity index (χ1v) is 9.46. The molecule has 0 spiro atoms. The summed E-state index contributed by atoms with van der Waals surface area (Å²) in [7, 11) is 0. The number of carbonyl (C=O) groups excluding carboxylic acids is 3. The molecule has 156 valence electrons. The summed E-state index contributed by atoms with van der Waals surface area (Å²) < 4.78 is 0. The summed E-state index contributed by atoms with van der Waals surface area (Å²) in [5, 5.41) is 13.6. The van der Waals surface area contributed by atoms with E-state index in [0.29, 0.717) is 5.56 Å². The Morgan fingerprint density at radius 3 is 2.33 bits per heavy atom. The van der Waals surface area contributed by atoms with Gasteiger partial charge in [0.25, 0.3) is 11.6 Å². The van der Waals surface area contributed by atoms with Crippen LogP contribution in [0.1, 0.15) is 49.2 Å². The van der Waals surface area contributed by atoms with Crippen LogP contribution < -0.4 is 5.32 Å². The van der Waals surface area contributed by atoms with E-state index in [-0.39, 0.29) is 22.4 Å². The maximum Gasteiger partial charge on any atom is 0.325 e. The van der Waals surface area contributed by atoms with Crippen molar-refractivity contribution in [3.05, 3.63) is 75.3 Å². The van der Waals surface area contributed by atoms with Crippen LogP contribution in [-0.2, 0) is 15.7 Å². The van der Waals surface area contributed by atoms with Crippen LogP contribution in [0.4, 0.5) is 10.5 Å². The van der Waals surface area contributed by atoms with E-state index in [1.807, 2.05) is 12.1 Å². The van der Waals surface area contributed by atoms with Crippen molar-refractivity contribution in [2.45, 2.75) is 38.6 Å². The van der Waals surface area contributed by atoms with Crippen LogP contribution in [0.15, 0.2) is 48.5 Å². The number of Topliss-reactive ketones (excluding diaryl/α,β-unsaturated/α-hetero) is 1. The lowest BCUT2D eigenvalue weighted by molar-refractivity contribution is -0.385. The predicted octanol–water partition coefficient (Wildman–Crippen LogP) is 3.54. The number of hydrogen-bond acceptors (Lipinski definition) is 5. The summed E-state index contributed by atoms with van der Waals surface area (Å²) in [5.74, 6) is -1.00. The number of hydrogen-bond donors (Lipinski definition) is 1. The highest BCUT2D eigenvalue weighted by molar-refractivity contribution is 6.11. The molecule has 30 heavy (non-hydrogen) atoms. The van der Waals surface area contributed by atoms with Crippen molar-refractivity contribution >= 4 is 23.4 Å². The number of urea groups is 1. The molecule has 1 unspecified atom stereocenters. The number of non-ortho nitro benzene ring substituents is 1. The Labute approximate surface area is 174 Å². The van der Waals surface area contributed by atoms with Gasteiger partial charge >= 0.3 is 6.03 Å². The van der Waals surface area contributed by atoms with Crippen LogP contribution in [0, 0.1) is 10.1 Å². The standard InChI is InChI=1S/C22H23N3O5/c1-21(2,3)15-10-8-14(9-11-15)18(26)13-24-19(27)22(4,23-20(24)28)16-6-5-7-17(12-16)25(29)30/h5-12H,13H2,1-4H3,(H,23,28). The molecule has 3 amide bonds. The number of imide groups is 1. The number of nitro benzene ring substituents is 1. The lowest BCUT2D eigenvalue weighted by atomic mass is 9.86. The Hall–Kier alpha value is -3.55. The molecule has 3 rings (SSSR count). The first-order chi connectivity index (χ1) is 13.9. The zero-order valence-electron chi connectivity index (χ0n) is 17.3. The van der Waals surface area contributed by atoms with Gasteiger partial charge in [-0.3, -0.25) is 24.6 Å². The topological polar surface area (TPSA) is 110 Å². The van der Waals surface area contributed by atoms with E-state index in [2.05, 4.69) is 26.1 Å². The smallest absolute Gasteiger partial charge is 0.319 e. The number of ketones is 1. The van der Waals surface area contributed by atoms with Gasteiger partial charge in [0.15, 0.2) is 5.78 Å². The zero-order valence-corrected chi connectivity index (χ0v) is 17.3. The fraction of sp³-hybridized carbons (Fsp3) is 0.318. The molecule has 0 aliphatic carbocycles. The second kappa shape index (κ2) is 7.37. The average molecular weight is 409 g/mol. The van der Waals surface area contributed by atoms with Gasteiger partial charge in [0.1, 0.15) is 5.54 Å². The second-order valence-corrected chi connectivity index (χ2v) is 8.50. The van der Waals surface area contributed by atoms with Gasteiger partial charge in [-0.05, 0) is 23.5 Å². The lowest BCUT2D eigenvalue weighted by Gasteiger charge is -2.22. The van der Waals surface area contributed by atoms with E-state index < -0.39 is 28.9 Å². The summed E-state index contributed by atoms with van der Waals surface area (Å²) in [5.41, 5.74) is -0.00463. The van der Waals surface area contributed by atoms with Gasteiger partial charge in [-0.2, -0.15) is 0 Å². The minimum atomic E-state index is -1.49. The molecule has 1 atom stereocenters. The first kappa shape index (κ1) is 21.2. The Balaban J connectivity index is 1.82. The van der Waals surface area contributed by atoms with Crippen molar-refractivity contribution in [3.8, 4) is 0 Å². The highest BCUT2D eigenvalue weighted by atomic mass is 16.6. The molecule has 0 radical (unpaired) electrons. The fourth-order valence-corrected chi connectivity index (χ4v) is 3.36. The highest BCUT2D eigenvalue weighted by Gasteiger charge is 2.49. The van der Waals surface area contributed by atoms with Gasteiger partial charge in [0.05, 0.1) is 11.5 Å². The maximum atomic E-state index is 13.0. The van der Waals surface area contributed by atoms with Crippen molar-refractivity contribution < 1.29 is 19.3 Å². The number of carbonyl (C=O) groups is 3. The van der Waals surface area contributed by atoms with E-state index in [0.717, 1.165) is 10.5 Å². The molecule has 1 heterocycles. The van der Waals surface area contributed by atoms with Crippen LogP contribution in [0.5, 0.6) is 0 Å². The fourth-order valence-electron chi connectivity index (χ4n) is 3.36. The van der Waals surface area contributed by atoms with E-state index in [4.69, 9.17) is 0 Å². The molecule has 1 aliphatic rings. The van der Waals surface area contributed by atoms with E-state index in [1.54, 1.807) is 12.1 Å². The summed E-state index contributed by atoms with van der Waals surface area (Å²) in [4.78, 5) is 49.4. The third-order valence-corrected chi connectivity index (χ3v) is 5.28. The summed E-state index contributed by atoms with van der Waals surface area (Å²) >= 11 is 0.